The Morgan fingerprint density at radius 3 is 2.50 bits per heavy atom. The van der Waals surface area contributed by atoms with Gasteiger partial charge in [0.1, 0.15) is 5.52 Å². The zero-order chi connectivity index (χ0) is 21.5. The lowest BCUT2D eigenvalue weighted by molar-refractivity contribution is -0.128. The quantitative estimate of drug-likeness (QED) is 0.542. The molecule has 2 N–H and O–H groups in total. The van der Waals surface area contributed by atoms with Crippen molar-refractivity contribution in [2.75, 3.05) is 13.2 Å². The van der Waals surface area contributed by atoms with Crippen LogP contribution >= 0.6 is 0 Å². The lowest BCUT2D eigenvalue weighted by Gasteiger charge is -2.09. The van der Waals surface area contributed by atoms with E-state index < -0.39 is 18.5 Å². The fourth-order valence-electron chi connectivity index (χ4n) is 2.77. The van der Waals surface area contributed by atoms with Gasteiger partial charge in [-0.05, 0) is 43.7 Å². The van der Waals surface area contributed by atoms with Crippen molar-refractivity contribution in [2.24, 2.45) is 0 Å². The van der Waals surface area contributed by atoms with Gasteiger partial charge in [0.2, 0.25) is 5.91 Å². The number of rotatable bonds is 8. The standard InChI is InChI=1S/C21H23N5O4/c1-14(2)23-19(27)11-22-20(28)13-30-21(29)16-9-7-15(8-10-16)12-26-18-6-4-3-5-17(18)24-25-26/h3-10,14H,11-13H2,1-2H3,(H,22,28)(H,23,27). The molecule has 3 rings (SSSR count). The van der Waals surface area contributed by atoms with E-state index in [4.69, 9.17) is 4.74 Å². The summed E-state index contributed by atoms with van der Waals surface area (Å²) >= 11 is 0. The van der Waals surface area contributed by atoms with Crippen LogP contribution in [0.4, 0.5) is 0 Å². The number of para-hydroxylation sites is 1. The number of nitrogens with zero attached hydrogens (tertiary/aromatic N) is 3. The molecule has 1 heterocycles. The Hall–Kier alpha value is -3.75. The largest absolute Gasteiger partial charge is 0.452 e. The van der Waals surface area contributed by atoms with Gasteiger partial charge >= 0.3 is 5.97 Å². The van der Waals surface area contributed by atoms with Crippen LogP contribution in [0.3, 0.4) is 0 Å². The maximum atomic E-state index is 12.1. The van der Waals surface area contributed by atoms with Crippen molar-refractivity contribution in [3.05, 3.63) is 59.7 Å². The number of fused-ring (bicyclic) bond motifs is 1. The molecule has 0 unspecified atom stereocenters. The first-order valence-corrected chi connectivity index (χ1v) is 9.52. The van der Waals surface area contributed by atoms with Crippen molar-refractivity contribution in [1.29, 1.82) is 0 Å². The maximum absolute atomic E-state index is 12.1. The van der Waals surface area contributed by atoms with E-state index in [2.05, 4.69) is 20.9 Å². The molecule has 0 bridgehead atoms. The molecule has 3 aromatic rings. The highest BCUT2D eigenvalue weighted by Gasteiger charge is 2.12. The van der Waals surface area contributed by atoms with Crippen molar-refractivity contribution >= 4 is 28.8 Å². The fourth-order valence-corrected chi connectivity index (χ4v) is 2.77. The van der Waals surface area contributed by atoms with Gasteiger partial charge in [-0.15, -0.1) is 5.10 Å². The third kappa shape index (κ3) is 5.63. The first kappa shape index (κ1) is 21.0. The van der Waals surface area contributed by atoms with E-state index in [9.17, 15) is 14.4 Å². The second-order valence-electron chi connectivity index (χ2n) is 7.01. The Kier molecular flexibility index (Phi) is 6.74. The normalized spacial score (nSPS) is 10.8. The minimum Gasteiger partial charge on any atom is -0.452 e. The smallest absolute Gasteiger partial charge is 0.338 e. The van der Waals surface area contributed by atoms with Gasteiger partial charge < -0.3 is 15.4 Å². The Labute approximate surface area is 173 Å². The minimum absolute atomic E-state index is 0.0153. The molecule has 0 aliphatic rings. The zero-order valence-electron chi connectivity index (χ0n) is 16.8. The summed E-state index contributed by atoms with van der Waals surface area (Å²) in [4.78, 5) is 35.3. The van der Waals surface area contributed by atoms with E-state index in [1.54, 1.807) is 28.9 Å². The van der Waals surface area contributed by atoms with Gasteiger partial charge in [-0.25, -0.2) is 9.48 Å². The predicted octanol–water partition coefficient (Wildman–Crippen LogP) is 1.28. The molecule has 0 aliphatic heterocycles. The number of carbonyl (C=O) groups excluding carboxylic acids is 3. The molecule has 156 valence electrons. The Morgan fingerprint density at radius 1 is 1.03 bits per heavy atom. The number of nitrogens with one attached hydrogen (secondary N) is 2. The number of hydrogen-bond acceptors (Lipinski definition) is 6. The van der Waals surface area contributed by atoms with Gasteiger partial charge in [-0.2, -0.15) is 0 Å². The van der Waals surface area contributed by atoms with Crippen LogP contribution in [0.2, 0.25) is 0 Å². The average Bonchev–Trinajstić information content (AvgIpc) is 3.13. The van der Waals surface area contributed by atoms with Crippen LogP contribution in [0.1, 0.15) is 29.8 Å². The highest BCUT2D eigenvalue weighted by molar-refractivity contribution is 5.92. The lowest BCUT2D eigenvalue weighted by Crippen LogP contribution is -2.41. The van der Waals surface area contributed by atoms with Crippen molar-refractivity contribution in [2.45, 2.75) is 26.4 Å². The monoisotopic (exact) mass is 409 g/mol. The molecule has 30 heavy (non-hydrogen) atoms. The van der Waals surface area contributed by atoms with Gasteiger partial charge in [0.15, 0.2) is 6.61 Å². The molecule has 1 aromatic heterocycles. The molecule has 0 radical (unpaired) electrons. The number of ether oxygens (including phenoxy) is 1. The summed E-state index contributed by atoms with van der Waals surface area (Å²) in [5.74, 6) is -1.47. The molecule has 0 spiro atoms. The van der Waals surface area contributed by atoms with Crippen LogP contribution in [0.25, 0.3) is 11.0 Å². The predicted molar refractivity (Wildman–Crippen MR) is 110 cm³/mol. The SMILES string of the molecule is CC(C)NC(=O)CNC(=O)COC(=O)c1ccc(Cn2nnc3ccccc32)cc1. The summed E-state index contributed by atoms with van der Waals surface area (Å²) in [6, 6.07) is 14.5. The molecule has 0 atom stereocenters. The minimum atomic E-state index is -0.616. The first-order valence-electron chi connectivity index (χ1n) is 9.52. The van der Waals surface area contributed by atoms with Gasteiger partial charge in [0.05, 0.1) is 24.2 Å². The van der Waals surface area contributed by atoms with Crippen molar-refractivity contribution in [3.63, 3.8) is 0 Å². The zero-order valence-corrected chi connectivity index (χ0v) is 16.8. The summed E-state index contributed by atoms with van der Waals surface area (Å²) in [6.07, 6.45) is 0. The Balaban J connectivity index is 1.49. The van der Waals surface area contributed by atoms with Gasteiger partial charge in [0.25, 0.3) is 5.91 Å². The van der Waals surface area contributed by atoms with Crippen LogP contribution in [-0.2, 0) is 20.9 Å². The first-order chi connectivity index (χ1) is 14.4. The van der Waals surface area contributed by atoms with Crippen LogP contribution in [-0.4, -0.2) is 52.0 Å². The van der Waals surface area contributed by atoms with E-state index >= 15 is 0 Å². The van der Waals surface area contributed by atoms with Gasteiger partial charge in [-0.1, -0.05) is 29.5 Å². The van der Waals surface area contributed by atoms with E-state index in [0.717, 1.165) is 16.6 Å². The summed E-state index contributed by atoms with van der Waals surface area (Å²) in [5.41, 5.74) is 3.01. The molecule has 2 amide bonds. The molecule has 9 nitrogen and oxygen atoms in total. The lowest BCUT2D eigenvalue weighted by atomic mass is 10.1. The molecule has 0 aliphatic carbocycles. The topological polar surface area (TPSA) is 115 Å². The number of esters is 1. The third-order valence-corrected chi connectivity index (χ3v) is 4.17. The number of benzene rings is 2. The molecule has 0 saturated carbocycles. The summed E-state index contributed by atoms with van der Waals surface area (Å²) in [7, 11) is 0. The van der Waals surface area contributed by atoms with Gasteiger partial charge in [-0.3, -0.25) is 9.59 Å². The van der Waals surface area contributed by atoms with Crippen LogP contribution in [0.15, 0.2) is 48.5 Å². The number of amides is 2. The number of carbonyl (C=O) groups is 3. The maximum Gasteiger partial charge on any atom is 0.338 e. The van der Waals surface area contributed by atoms with Crippen molar-refractivity contribution in [3.8, 4) is 0 Å². The second kappa shape index (κ2) is 9.64. The van der Waals surface area contributed by atoms with E-state index in [-0.39, 0.29) is 18.5 Å². The van der Waals surface area contributed by atoms with E-state index in [0.29, 0.717) is 12.1 Å². The highest BCUT2D eigenvalue weighted by atomic mass is 16.5. The fraction of sp³-hybridized carbons (Fsp3) is 0.286. The average molecular weight is 409 g/mol. The molecular weight excluding hydrogens is 386 g/mol. The summed E-state index contributed by atoms with van der Waals surface area (Å²) in [6.45, 7) is 3.53. The van der Waals surface area contributed by atoms with Crippen LogP contribution < -0.4 is 10.6 Å². The number of hydrogen-bond donors (Lipinski definition) is 2. The van der Waals surface area contributed by atoms with Crippen molar-refractivity contribution < 1.29 is 19.1 Å². The van der Waals surface area contributed by atoms with E-state index in [1.807, 2.05) is 38.1 Å². The Morgan fingerprint density at radius 2 is 1.77 bits per heavy atom. The van der Waals surface area contributed by atoms with Crippen LogP contribution in [0, 0.1) is 0 Å². The van der Waals surface area contributed by atoms with E-state index in [1.165, 1.54) is 0 Å². The van der Waals surface area contributed by atoms with Crippen molar-refractivity contribution in [1.82, 2.24) is 25.6 Å². The molecule has 0 fully saturated rings. The molecule has 0 saturated heterocycles. The number of aromatic nitrogens is 3. The van der Waals surface area contributed by atoms with Gasteiger partial charge in [0, 0.05) is 6.04 Å². The summed E-state index contributed by atoms with van der Waals surface area (Å²) in [5, 5.41) is 13.3. The second-order valence-corrected chi connectivity index (χ2v) is 7.01. The Bertz CT molecular complexity index is 1040. The highest BCUT2D eigenvalue weighted by Crippen LogP contribution is 2.13. The molecule has 9 heteroatoms. The van der Waals surface area contributed by atoms with Crippen LogP contribution in [0.5, 0.6) is 0 Å². The molecular formula is C21H23N5O4. The third-order valence-electron chi connectivity index (χ3n) is 4.17. The summed E-state index contributed by atoms with van der Waals surface area (Å²) < 4.78 is 6.78. The molecule has 2 aromatic carbocycles.